The molecule has 2 amide bonds. The quantitative estimate of drug-likeness (QED) is 0.849. The first kappa shape index (κ1) is 14.8. The number of nitrogens with one attached hydrogen (secondary N) is 1. The number of fused-ring (bicyclic) bond motifs is 1. The lowest BCUT2D eigenvalue weighted by Crippen LogP contribution is -2.37. The molecule has 1 N–H and O–H groups in total. The first-order chi connectivity index (χ1) is 10.6. The van der Waals surface area contributed by atoms with E-state index in [-0.39, 0.29) is 24.4 Å². The zero-order chi connectivity index (χ0) is 15.7. The fourth-order valence-electron chi connectivity index (χ4n) is 2.77. The van der Waals surface area contributed by atoms with E-state index in [2.05, 4.69) is 21.2 Å². The number of hydrogen-bond donors (Lipinski definition) is 1. The molecule has 0 aromatic heterocycles. The van der Waals surface area contributed by atoms with Crippen LogP contribution in [0.1, 0.15) is 24.1 Å². The largest absolute Gasteiger partial charge is 0.324 e. The lowest BCUT2D eigenvalue weighted by atomic mass is 9.96. The van der Waals surface area contributed by atoms with Crippen LogP contribution in [0.4, 0.5) is 5.69 Å². The second kappa shape index (κ2) is 5.93. The minimum atomic E-state index is -0.287. The lowest BCUT2D eigenvalue weighted by molar-refractivity contribution is -0.134. The van der Waals surface area contributed by atoms with Crippen molar-refractivity contribution >= 4 is 33.4 Å². The van der Waals surface area contributed by atoms with Gasteiger partial charge in [0, 0.05) is 22.6 Å². The summed E-state index contributed by atoms with van der Waals surface area (Å²) in [5, 5.41) is 2.88. The summed E-state index contributed by atoms with van der Waals surface area (Å²) < 4.78 is 0.909. The average molecular weight is 359 g/mol. The first-order valence-corrected chi connectivity index (χ1v) is 7.77. The van der Waals surface area contributed by atoms with Crippen molar-refractivity contribution in [2.45, 2.75) is 13.0 Å². The molecule has 1 aliphatic rings. The maximum Gasteiger partial charge on any atom is 0.244 e. The van der Waals surface area contributed by atoms with Crippen LogP contribution < -0.4 is 5.32 Å². The Morgan fingerprint density at radius 3 is 2.64 bits per heavy atom. The Labute approximate surface area is 137 Å². The Balaban J connectivity index is 2.22. The maximum absolute atomic E-state index is 12.1. The molecule has 0 saturated heterocycles. The molecule has 4 nitrogen and oxygen atoms in total. The highest BCUT2D eigenvalue weighted by atomic mass is 79.9. The summed E-state index contributed by atoms with van der Waals surface area (Å²) in [5.41, 5.74) is 2.63. The third kappa shape index (κ3) is 2.76. The van der Waals surface area contributed by atoms with Crippen LogP contribution in [-0.4, -0.2) is 23.3 Å². The molecule has 5 heteroatoms. The zero-order valence-corrected chi connectivity index (χ0v) is 13.6. The Morgan fingerprint density at radius 1 is 1.23 bits per heavy atom. The van der Waals surface area contributed by atoms with E-state index in [9.17, 15) is 9.59 Å². The van der Waals surface area contributed by atoms with Gasteiger partial charge >= 0.3 is 0 Å². The van der Waals surface area contributed by atoms with Gasteiger partial charge in [-0.2, -0.15) is 0 Å². The highest BCUT2D eigenvalue weighted by Crippen LogP contribution is 2.37. The van der Waals surface area contributed by atoms with Crippen LogP contribution in [0.2, 0.25) is 0 Å². The number of rotatable bonds is 1. The van der Waals surface area contributed by atoms with E-state index in [1.54, 1.807) is 4.90 Å². The van der Waals surface area contributed by atoms with Crippen molar-refractivity contribution in [1.82, 2.24) is 4.90 Å². The third-order valence-electron chi connectivity index (χ3n) is 3.73. The number of carbonyl (C=O) groups excluding carboxylic acids is 2. The Hall–Kier alpha value is -2.14. The van der Waals surface area contributed by atoms with Gasteiger partial charge in [0.15, 0.2) is 0 Å². The van der Waals surface area contributed by atoms with Crippen molar-refractivity contribution < 1.29 is 9.59 Å². The van der Waals surface area contributed by atoms with Gasteiger partial charge in [0.05, 0.1) is 6.04 Å². The molecule has 0 bridgehead atoms. The highest BCUT2D eigenvalue weighted by molar-refractivity contribution is 9.10. The molecule has 3 rings (SSSR count). The number of halogens is 1. The molecule has 2 aromatic rings. The summed E-state index contributed by atoms with van der Waals surface area (Å²) in [6, 6.07) is 15.2. The Kier molecular flexibility index (Phi) is 3.98. The molecule has 1 atom stereocenters. The summed E-state index contributed by atoms with van der Waals surface area (Å²) >= 11 is 3.47. The molecule has 0 spiro atoms. The van der Waals surface area contributed by atoms with E-state index < -0.39 is 0 Å². The van der Waals surface area contributed by atoms with Gasteiger partial charge in [0.25, 0.3) is 0 Å². The Morgan fingerprint density at radius 2 is 1.95 bits per heavy atom. The Bertz CT molecular complexity index is 731. The number of benzene rings is 2. The van der Waals surface area contributed by atoms with E-state index in [1.165, 1.54) is 6.92 Å². The van der Waals surface area contributed by atoms with Crippen molar-refractivity contribution in [2.24, 2.45) is 0 Å². The molecule has 0 fully saturated rings. The normalized spacial score (nSPS) is 17.5. The lowest BCUT2D eigenvalue weighted by Gasteiger charge is -2.29. The van der Waals surface area contributed by atoms with Gasteiger partial charge in [-0.1, -0.05) is 46.3 Å². The number of nitrogens with zero attached hydrogens (tertiary/aromatic N) is 1. The molecule has 1 heterocycles. The molecular weight excluding hydrogens is 344 g/mol. The monoisotopic (exact) mass is 358 g/mol. The number of anilines is 1. The summed E-state index contributed by atoms with van der Waals surface area (Å²) in [7, 11) is 0. The minimum Gasteiger partial charge on any atom is -0.324 e. The van der Waals surface area contributed by atoms with E-state index in [1.807, 2.05) is 48.5 Å². The van der Waals surface area contributed by atoms with Crippen LogP contribution in [0.5, 0.6) is 0 Å². The van der Waals surface area contributed by atoms with Crippen molar-refractivity contribution in [1.29, 1.82) is 0 Å². The molecular formula is C17H15BrN2O2. The van der Waals surface area contributed by atoms with Gasteiger partial charge in [0.2, 0.25) is 11.8 Å². The van der Waals surface area contributed by atoms with Crippen LogP contribution in [0.3, 0.4) is 0 Å². The second-order valence-corrected chi connectivity index (χ2v) is 6.16. The van der Waals surface area contributed by atoms with Gasteiger partial charge in [0.1, 0.15) is 6.54 Å². The molecule has 2 aromatic carbocycles. The minimum absolute atomic E-state index is 0.0429. The van der Waals surface area contributed by atoms with Crippen molar-refractivity contribution in [3.05, 3.63) is 64.1 Å². The predicted molar refractivity (Wildman–Crippen MR) is 88.4 cm³/mol. The van der Waals surface area contributed by atoms with Crippen LogP contribution in [0, 0.1) is 0 Å². The topological polar surface area (TPSA) is 49.4 Å². The van der Waals surface area contributed by atoms with Crippen molar-refractivity contribution in [3.63, 3.8) is 0 Å². The standard InChI is InChI=1S/C17H15BrN2O2/c1-11(21)20-10-16(22)19-15-8-7-13(18)9-14(15)17(20)12-5-3-2-4-6-12/h2-9,17H,10H2,1H3,(H,19,22)/t17-/m1/s1. The highest BCUT2D eigenvalue weighted by Gasteiger charge is 2.31. The second-order valence-electron chi connectivity index (χ2n) is 5.24. The molecule has 0 radical (unpaired) electrons. The van der Waals surface area contributed by atoms with Crippen molar-refractivity contribution in [3.8, 4) is 0 Å². The molecule has 22 heavy (non-hydrogen) atoms. The fraction of sp³-hybridized carbons (Fsp3) is 0.176. The summed E-state index contributed by atoms with van der Waals surface area (Å²) in [5.74, 6) is -0.311. The summed E-state index contributed by atoms with van der Waals surface area (Å²) in [6.07, 6.45) is 0. The smallest absolute Gasteiger partial charge is 0.244 e. The molecule has 1 aliphatic heterocycles. The van der Waals surface area contributed by atoms with Gasteiger partial charge in [-0.3, -0.25) is 9.59 Å². The number of carbonyl (C=O) groups is 2. The van der Waals surface area contributed by atoms with Gasteiger partial charge in [-0.05, 0) is 23.8 Å². The fourth-order valence-corrected chi connectivity index (χ4v) is 3.14. The SMILES string of the molecule is CC(=O)N1CC(=O)Nc2ccc(Br)cc2[C@H]1c1ccccc1. The predicted octanol–water partition coefficient (Wildman–Crippen LogP) is 3.34. The maximum atomic E-state index is 12.1. The van der Waals surface area contributed by atoms with Crippen LogP contribution in [-0.2, 0) is 9.59 Å². The molecule has 112 valence electrons. The van der Waals surface area contributed by atoms with Crippen LogP contribution in [0.15, 0.2) is 53.0 Å². The van der Waals surface area contributed by atoms with Gasteiger partial charge in [-0.25, -0.2) is 0 Å². The third-order valence-corrected chi connectivity index (χ3v) is 4.22. The molecule has 0 saturated carbocycles. The van der Waals surface area contributed by atoms with Crippen molar-refractivity contribution in [2.75, 3.05) is 11.9 Å². The average Bonchev–Trinajstić information content (AvgIpc) is 2.64. The van der Waals surface area contributed by atoms with E-state index in [0.29, 0.717) is 0 Å². The number of amides is 2. The van der Waals surface area contributed by atoms with Crippen LogP contribution in [0.25, 0.3) is 0 Å². The summed E-state index contributed by atoms with van der Waals surface area (Å²) in [4.78, 5) is 25.8. The van der Waals surface area contributed by atoms with Gasteiger partial charge < -0.3 is 10.2 Å². The first-order valence-electron chi connectivity index (χ1n) is 6.97. The molecule has 0 aliphatic carbocycles. The summed E-state index contributed by atoms with van der Waals surface area (Å²) in [6.45, 7) is 1.54. The van der Waals surface area contributed by atoms with E-state index in [0.717, 1.165) is 21.3 Å². The zero-order valence-electron chi connectivity index (χ0n) is 12.0. The van der Waals surface area contributed by atoms with E-state index in [4.69, 9.17) is 0 Å². The number of hydrogen-bond acceptors (Lipinski definition) is 2. The van der Waals surface area contributed by atoms with E-state index >= 15 is 0 Å². The molecule has 0 unspecified atom stereocenters. The van der Waals surface area contributed by atoms with Crippen LogP contribution >= 0.6 is 15.9 Å². The van der Waals surface area contributed by atoms with Gasteiger partial charge in [-0.15, -0.1) is 0 Å².